The standard InChI is InChI=1S/C23H27N5O/c1-19-6-3-10-25-23(19)28-14-4-7-21(28)16-27(17-22-9-8-20(2)29-22)13-5-12-26-15-11-24-18-26/h3-4,6-11,14-15,18H,5,12-13,16-17H2,1-2H3. The Morgan fingerprint density at radius 2 is 1.93 bits per heavy atom. The van der Waals surface area contributed by atoms with E-state index >= 15 is 0 Å². The van der Waals surface area contributed by atoms with Crippen LogP contribution in [0.2, 0.25) is 0 Å². The highest BCUT2D eigenvalue weighted by Crippen LogP contribution is 2.18. The molecule has 0 aromatic carbocycles. The van der Waals surface area contributed by atoms with E-state index in [4.69, 9.17) is 4.42 Å². The molecule has 29 heavy (non-hydrogen) atoms. The zero-order chi connectivity index (χ0) is 20.1. The Bertz CT molecular complexity index is 1030. The van der Waals surface area contributed by atoms with Crippen molar-refractivity contribution in [3.05, 3.63) is 90.3 Å². The molecule has 4 heterocycles. The zero-order valence-electron chi connectivity index (χ0n) is 17.0. The van der Waals surface area contributed by atoms with Crippen molar-refractivity contribution in [1.29, 1.82) is 0 Å². The Kier molecular flexibility index (Phi) is 5.91. The molecule has 0 aliphatic heterocycles. The van der Waals surface area contributed by atoms with Gasteiger partial charge in [0.25, 0.3) is 0 Å². The lowest BCUT2D eigenvalue weighted by Crippen LogP contribution is -2.26. The number of rotatable bonds is 9. The van der Waals surface area contributed by atoms with Gasteiger partial charge in [0.05, 0.1) is 12.9 Å². The van der Waals surface area contributed by atoms with Crippen molar-refractivity contribution < 1.29 is 4.42 Å². The molecule has 0 fully saturated rings. The summed E-state index contributed by atoms with van der Waals surface area (Å²) in [6.07, 6.45) is 10.7. The summed E-state index contributed by atoms with van der Waals surface area (Å²) < 4.78 is 10.1. The third kappa shape index (κ3) is 4.84. The Hall–Kier alpha value is -3.12. The van der Waals surface area contributed by atoms with Gasteiger partial charge in [0, 0.05) is 50.1 Å². The van der Waals surface area contributed by atoms with E-state index in [-0.39, 0.29) is 0 Å². The number of hydrogen-bond acceptors (Lipinski definition) is 4. The summed E-state index contributed by atoms with van der Waals surface area (Å²) in [6.45, 7) is 7.61. The number of aryl methyl sites for hydroxylation is 3. The van der Waals surface area contributed by atoms with Crippen molar-refractivity contribution in [2.24, 2.45) is 0 Å². The summed E-state index contributed by atoms with van der Waals surface area (Å²) >= 11 is 0. The summed E-state index contributed by atoms with van der Waals surface area (Å²) in [5.41, 5.74) is 2.39. The van der Waals surface area contributed by atoms with Gasteiger partial charge in [-0.05, 0) is 56.2 Å². The molecule has 0 amide bonds. The topological polar surface area (TPSA) is 52.0 Å². The van der Waals surface area contributed by atoms with Gasteiger partial charge in [-0.3, -0.25) is 4.90 Å². The SMILES string of the molecule is Cc1ccc(CN(CCCn2ccnc2)Cc2cccn2-c2ncccc2C)o1. The largest absolute Gasteiger partial charge is 0.465 e. The number of aromatic nitrogens is 4. The lowest BCUT2D eigenvalue weighted by Gasteiger charge is -2.22. The highest BCUT2D eigenvalue weighted by Gasteiger charge is 2.14. The molecule has 6 heteroatoms. The van der Waals surface area contributed by atoms with Crippen molar-refractivity contribution in [2.75, 3.05) is 6.54 Å². The fourth-order valence-electron chi connectivity index (χ4n) is 3.61. The van der Waals surface area contributed by atoms with E-state index in [9.17, 15) is 0 Å². The normalized spacial score (nSPS) is 11.4. The average molecular weight is 390 g/mol. The first-order chi connectivity index (χ1) is 14.2. The van der Waals surface area contributed by atoms with Crippen LogP contribution in [-0.2, 0) is 19.6 Å². The molecule has 4 rings (SSSR count). The molecule has 0 unspecified atom stereocenters. The highest BCUT2D eigenvalue weighted by atomic mass is 16.3. The van der Waals surface area contributed by atoms with Crippen LogP contribution in [0.3, 0.4) is 0 Å². The Balaban J connectivity index is 1.50. The van der Waals surface area contributed by atoms with Crippen molar-refractivity contribution in [3.63, 3.8) is 0 Å². The third-order valence-corrected chi connectivity index (χ3v) is 5.05. The number of hydrogen-bond donors (Lipinski definition) is 0. The molecule has 0 spiro atoms. The van der Waals surface area contributed by atoms with Gasteiger partial charge < -0.3 is 13.6 Å². The molecule has 4 aromatic heterocycles. The van der Waals surface area contributed by atoms with Gasteiger partial charge in [-0.25, -0.2) is 9.97 Å². The van der Waals surface area contributed by atoms with Crippen LogP contribution in [0.15, 0.2) is 71.9 Å². The molecule has 0 aliphatic carbocycles. The minimum absolute atomic E-state index is 0.782. The minimum Gasteiger partial charge on any atom is -0.465 e. The molecule has 0 bridgehead atoms. The van der Waals surface area contributed by atoms with Crippen LogP contribution < -0.4 is 0 Å². The van der Waals surface area contributed by atoms with Gasteiger partial charge in [0.2, 0.25) is 0 Å². The second kappa shape index (κ2) is 8.92. The summed E-state index contributed by atoms with van der Waals surface area (Å²) in [5.74, 6) is 2.93. The summed E-state index contributed by atoms with van der Waals surface area (Å²) in [5, 5.41) is 0. The summed E-state index contributed by atoms with van der Waals surface area (Å²) in [4.78, 5) is 11.1. The predicted molar refractivity (Wildman–Crippen MR) is 113 cm³/mol. The third-order valence-electron chi connectivity index (χ3n) is 5.05. The van der Waals surface area contributed by atoms with Crippen molar-refractivity contribution in [2.45, 2.75) is 39.9 Å². The van der Waals surface area contributed by atoms with Crippen LogP contribution in [0.1, 0.15) is 29.2 Å². The second-order valence-electron chi connectivity index (χ2n) is 7.39. The quantitative estimate of drug-likeness (QED) is 0.426. The van der Waals surface area contributed by atoms with Crippen molar-refractivity contribution >= 4 is 0 Å². The van der Waals surface area contributed by atoms with Crippen LogP contribution in [0.5, 0.6) is 0 Å². The molecule has 150 valence electrons. The van der Waals surface area contributed by atoms with Gasteiger partial charge in [-0.15, -0.1) is 0 Å². The molecular formula is C23H27N5O. The van der Waals surface area contributed by atoms with Crippen molar-refractivity contribution in [3.8, 4) is 5.82 Å². The molecule has 0 saturated carbocycles. The smallest absolute Gasteiger partial charge is 0.139 e. The maximum atomic E-state index is 5.84. The molecule has 0 atom stereocenters. The van der Waals surface area contributed by atoms with Crippen molar-refractivity contribution in [1.82, 2.24) is 24.0 Å². The molecule has 0 aliphatic rings. The minimum atomic E-state index is 0.782. The maximum Gasteiger partial charge on any atom is 0.139 e. The Labute approximate surface area is 171 Å². The summed E-state index contributed by atoms with van der Waals surface area (Å²) in [7, 11) is 0. The van der Waals surface area contributed by atoms with E-state index in [1.807, 2.05) is 44.0 Å². The van der Waals surface area contributed by atoms with Gasteiger partial charge in [0.15, 0.2) is 0 Å². The van der Waals surface area contributed by atoms with Crippen LogP contribution in [0.25, 0.3) is 5.82 Å². The van der Waals surface area contributed by atoms with E-state index in [1.54, 1.807) is 0 Å². The first kappa shape index (κ1) is 19.2. The van der Waals surface area contributed by atoms with Crippen LogP contribution in [-0.4, -0.2) is 30.5 Å². The first-order valence-electron chi connectivity index (χ1n) is 10.0. The molecule has 0 saturated heterocycles. The maximum absolute atomic E-state index is 5.84. The summed E-state index contributed by atoms with van der Waals surface area (Å²) in [6, 6.07) is 12.4. The van der Waals surface area contributed by atoms with Gasteiger partial charge in [-0.2, -0.15) is 0 Å². The second-order valence-corrected chi connectivity index (χ2v) is 7.39. The lowest BCUT2D eigenvalue weighted by atomic mass is 10.2. The predicted octanol–water partition coefficient (Wildman–Crippen LogP) is 4.37. The van der Waals surface area contributed by atoms with Crippen LogP contribution in [0, 0.1) is 13.8 Å². The van der Waals surface area contributed by atoms with Gasteiger partial charge in [0.1, 0.15) is 17.3 Å². The number of pyridine rings is 1. The van der Waals surface area contributed by atoms with E-state index in [0.717, 1.165) is 49.9 Å². The number of imidazole rings is 1. The van der Waals surface area contributed by atoms with Crippen LogP contribution in [0.4, 0.5) is 0 Å². The number of nitrogens with zero attached hydrogens (tertiary/aromatic N) is 5. The Morgan fingerprint density at radius 3 is 2.69 bits per heavy atom. The molecule has 4 aromatic rings. The van der Waals surface area contributed by atoms with E-state index in [1.165, 1.54) is 11.3 Å². The van der Waals surface area contributed by atoms with E-state index < -0.39 is 0 Å². The molecule has 0 N–H and O–H groups in total. The molecule has 6 nitrogen and oxygen atoms in total. The first-order valence-corrected chi connectivity index (χ1v) is 10.0. The molecular weight excluding hydrogens is 362 g/mol. The number of furan rings is 1. The fraction of sp³-hybridized carbons (Fsp3) is 0.304. The van der Waals surface area contributed by atoms with E-state index in [2.05, 4.69) is 61.4 Å². The molecule has 0 radical (unpaired) electrons. The average Bonchev–Trinajstić information content (AvgIpc) is 3.45. The highest BCUT2D eigenvalue weighted by molar-refractivity contribution is 5.35. The fourth-order valence-corrected chi connectivity index (χ4v) is 3.61. The zero-order valence-corrected chi connectivity index (χ0v) is 17.0. The lowest BCUT2D eigenvalue weighted by molar-refractivity contribution is 0.224. The Morgan fingerprint density at radius 1 is 1.00 bits per heavy atom. The van der Waals surface area contributed by atoms with Crippen LogP contribution >= 0.6 is 0 Å². The van der Waals surface area contributed by atoms with Gasteiger partial charge in [-0.1, -0.05) is 6.07 Å². The van der Waals surface area contributed by atoms with Gasteiger partial charge >= 0.3 is 0 Å². The monoisotopic (exact) mass is 389 g/mol. The van der Waals surface area contributed by atoms with E-state index in [0.29, 0.717) is 0 Å².